The van der Waals surface area contributed by atoms with E-state index in [-0.39, 0.29) is 0 Å². The summed E-state index contributed by atoms with van der Waals surface area (Å²) in [6, 6.07) is 8.74. The molecular formula is C17H19N3. The van der Waals surface area contributed by atoms with Gasteiger partial charge in [0.15, 0.2) is 0 Å². The summed E-state index contributed by atoms with van der Waals surface area (Å²) in [5.41, 5.74) is 5.97. The van der Waals surface area contributed by atoms with Crippen molar-refractivity contribution in [1.29, 1.82) is 5.26 Å². The van der Waals surface area contributed by atoms with E-state index in [0.29, 0.717) is 6.42 Å². The maximum atomic E-state index is 8.99. The average Bonchev–Trinajstić information content (AvgIpc) is 2.79. The number of nitriles is 1. The zero-order chi connectivity index (χ0) is 14.1. The largest absolute Gasteiger partial charge is 0.328 e. The molecule has 0 spiro atoms. The van der Waals surface area contributed by atoms with E-state index in [1.807, 2.05) is 0 Å². The Balaban J connectivity index is 2.16. The molecule has 3 heteroatoms. The average molecular weight is 265 g/mol. The van der Waals surface area contributed by atoms with Crippen LogP contribution in [0.1, 0.15) is 35.4 Å². The smallest absolute Gasteiger partial charge is 0.140 e. The molecule has 0 saturated heterocycles. The lowest BCUT2D eigenvalue weighted by Crippen LogP contribution is -2.12. The van der Waals surface area contributed by atoms with Crippen molar-refractivity contribution in [1.82, 2.24) is 9.55 Å². The molecule has 0 bridgehead atoms. The summed E-state index contributed by atoms with van der Waals surface area (Å²) < 4.78 is 2.33. The first-order chi connectivity index (χ1) is 9.70. The lowest BCUT2D eigenvalue weighted by atomic mass is 10.0. The number of fused-ring (bicyclic) bond motifs is 1. The molecule has 1 aromatic carbocycles. The van der Waals surface area contributed by atoms with Crippen molar-refractivity contribution in [2.75, 3.05) is 0 Å². The van der Waals surface area contributed by atoms with Crippen molar-refractivity contribution in [2.24, 2.45) is 0 Å². The first-order valence-corrected chi connectivity index (χ1v) is 7.23. The highest BCUT2D eigenvalue weighted by Gasteiger charge is 2.21. The van der Waals surface area contributed by atoms with Crippen molar-refractivity contribution >= 4 is 0 Å². The first kappa shape index (κ1) is 12.9. The summed E-state index contributed by atoms with van der Waals surface area (Å²) in [5.74, 6) is 1.04. The van der Waals surface area contributed by atoms with Gasteiger partial charge in [-0.2, -0.15) is 5.26 Å². The van der Waals surface area contributed by atoms with E-state index in [1.54, 1.807) is 0 Å². The predicted octanol–water partition coefficient (Wildman–Crippen LogP) is 3.57. The SMILES string of the molecule is Cc1ccc(-c2nc(CC#N)c3n2CCCC3)c(C)c1. The van der Waals surface area contributed by atoms with Crippen LogP contribution >= 0.6 is 0 Å². The van der Waals surface area contributed by atoms with Crippen LogP contribution in [0.4, 0.5) is 0 Å². The van der Waals surface area contributed by atoms with Crippen molar-refractivity contribution in [2.45, 2.75) is 46.1 Å². The third kappa shape index (κ3) is 2.12. The summed E-state index contributed by atoms with van der Waals surface area (Å²) in [4.78, 5) is 4.78. The third-order valence-electron chi connectivity index (χ3n) is 4.07. The van der Waals surface area contributed by atoms with Crippen LogP contribution in [0.15, 0.2) is 18.2 Å². The van der Waals surface area contributed by atoms with E-state index in [1.165, 1.54) is 35.2 Å². The molecule has 0 N–H and O–H groups in total. The zero-order valence-corrected chi connectivity index (χ0v) is 12.1. The van der Waals surface area contributed by atoms with Crippen molar-refractivity contribution in [3.05, 3.63) is 40.7 Å². The molecule has 102 valence electrons. The minimum absolute atomic E-state index is 0.417. The second-order valence-corrected chi connectivity index (χ2v) is 5.59. The molecular weight excluding hydrogens is 246 g/mol. The number of rotatable bonds is 2. The minimum Gasteiger partial charge on any atom is -0.328 e. The van der Waals surface area contributed by atoms with Crippen molar-refractivity contribution in [3.63, 3.8) is 0 Å². The lowest BCUT2D eigenvalue weighted by Gasteiger charge is -2.18. The monoisotopic (exact) mass is 265 g/mol. The van der Waals surface area contributed by atoms with Gasteiger partial charge in [0.05, 0.1) is 18.2 Å². The summed E-state index contributed by atoms with van der Waals surface area (Å²) in [7, 11) is 0. The molecule has 3 nitrogen and oxygen atoms in total. The number of hydrogen-bond acceptors (Lipinski definition) is 2. The van der Waals surface area contributed by atoms with Crippen LogP contribution < -0.4 is 0 Å². The molecule has 1 aromatic heterocycles. The van der Waals surface area contributed by atoms with Crippen molar-refractivity contribution < 1.29 is 0 Å². The second-order valence-electron chi connectivity index (χ2n) is 5.59. The molecule has 20 heavy (non-hydrogen) atoms. The summed E-state index contributed by atoms with van der Waals surface area (Å²) in [6.45, 7) is 5.27. The Kier molecular flexibility index (Phi) is 3.31. The van der Waals surface area contributed by atoms with Gasteiger partial charge >= 0.3 is 0 Å². The quantitative estimate of drug-likeness (QED) is 0.833. The molecule has 1 aliphatic rings. The van der Waals surface area contributed by atoms with Gasteiger partial charge in [0.2, 0.25) is 0 Å². The van der Waals surface area contributed by atoms with Crippen LogP contribution in [0.2, 0.25) is 0 Å². The standard InChI is InChI=1S/C17H19N3/c1-12-6-7-14(13(2)11-12)17-19-15(8-9-18)16-5-3-4-10-20(16)17/h6-7,11H,3-5,8,10H2,1-2H3. The third-order valence-corrected chi connectivity index (χ3v) is 4.07. The number of imidazole rings is 1. The van der Waals surface area contributed by atoms with Crippen LogP contribution in [0, 0.1) is 25.2 Å². The molecule has 3 rings (SSSR count). The van der Waals surface area contributed by atoms with Gasteiger partial charge in [-0.3, -0.25) is 0 Å². The first-order valence-electron chi connectivity index (χ1n) is 7.23. The second kappa shape index (κ2) is 5.13. The van der Waals surface area contributed by atoms with Crippen LogP contribution in [0.5, 0.6) is 0 Å². The fourth-order valence-corrected chi connectivity index (χ4v) is 3.11. The van der Waals surface area contributed by atoms with E-state index in [4.69, 9.17) is 10.2 Å². The molecule has 0 radical (unpaired) electrons. The van der Waals surface area contributed by atoms with Gasteiger partial charge in [-0.25, -0.2) is 4.98 Å². The highest BCUT2D eigenvalue weighted by atomic mass is 15.1. The maximum absolute atomic E-state index is 8.99. The van der Waals surface area contributed by atoms with Gasteiger partial charge in [0.1, 0.15) is 5.82 Å². The Hall–Kier alpha value is -2.08. The lowest BCUT2D eigenvalue weighted by molar-refractivity contribution is 0.534. The summed E-state index contributed by atoms with van der Waals surface area (Å²) in [5, 5.41) is 8.99. The number of aryl methyl sites for hydroxylation is 2. The highest BCUT2D eigenvalue weighted by Crippen LogP contribution is 2.30. The Morgan fingerprint density at radius 3 is 2.90 bits per heavy atom. The van der Waals surface area contributed by atoms with Crippen LogP contribution in [0.25, 0.3) is 11.4 Å². The molecule has 1 aliphatic heterocycles. The van der Waals surface area contributed by atoms with E-state index >= 15 is 0 Å². The van der Waals surface area contributed by atoms with Gasteiger partial charge < -0.3 is 4.57 Å². The van der Waals surface area contributed by atoms with E-state index in [2.05, 4.69) is 42.7 Å². The molecule has 2 aromatic rings. The molecule has 0 unspecified atom stereocenters. The Labute approximate surface area is 119 Å². The highest BCUT2D eigenvalue weighted by molar-refractivity contribution is 5.62. The van der Waals surface area contributed by atoms with E-state index in [9.17, 15) is 0 Å². The number of hydrogen-bond donors (Lipinski definition) is 0. The van der Waals surface area contributed by atoms with Gasteiger partial charge in [-0.1, -0.05) is 23.8 Å². The Morgan fingerprint density at radius 2 is 2.15 bits per heavy atom. The van der Waals surface area contributed by atoms with Crippen LogP contribution in [-0.4, -0.2) is 9.55 Å². The zero-order valence-electron chi connectivity index (χ0n) is 12.1. The van der Waals surface area contributed by atoms with Crippen LogP contribution in [0.3, 0.4) is 0 Å². The Bertz CT molecular complexity index is 689. The molecule has 0 aliphatic carbocycles. The van der Waals surface area contributed by atoms with Gasteiger partial charge in [-0.05, 0) is 38.7 Å². The predicted molar refractivity (Wildman–Crippen MR) is 79.4 cm³/mol. The summed E-state index contributed by atoms with van der Waals surface area (Å²) in [6.07, 6.45) is 3.87. The van der Waals surface area contributed by atoms with Gasteiger partial charge in [-0.15, -0.1) is 0 Å². The number of nitrogens with zero attached hydrogens (tertiary/aromatic N) is 3. The van der Waals surface area contributed by atoms with Crippen molar-refractivity contribution in [3.8, 4) is 17.5 Å². The van der Waals surface area contributed by atoms with E-state index in [0.717, 1.165) is 24.5 Å². The molecule has 2 heterocycles. The van der Waals surface area contributed by atoms with Gasteiger partial charge in [0, 0.05) is 17.8 Å². The molecule has 0 amide bonds. The summed E-state index contributed by atoms with van der Waals surface area (Å²) >= 11 is 0. The molecule has 0 saturated carbocycles. The topological polar surface area (TPSA) is 41.6 Å². The van der Waals surface area contributed by atoms with Gasteiger partial charge in [0.25, 0.3) is 0 Å². The fraction of sp³-hybridized carbons (Fsp3) is 0.412. The number of benzene rings is 1. The van der Waals surface area contributed by atoms with Crippen LogP contribution in [-0.2, 0) is 19.4 Å². The normalized spacial score (nSPS) is 13.8. The fourth-order valence-electron chi connectivity index (χ4n) is 3.11. The molecule has 0 atom stereocenters. The molecule has 0 fully saturated rings. The minimum atomic E-state index is 0.417. The maximum Gasteiger partial charge on any atom is 0.140 e. The van der Waals surface area contributed by atoms with E-state index < -0.39 is 0 Å². The Morgan fingerprint density at radius 1 is 1.30 bits per heavy atom. The number of aromatic nitrogens is 2.